The summed E-state index contributed by atoms with van der Waals surface area (Å²) in [5, 5.41) is 12.9. The molecule has 0 spiro atoms. The van der Waals surface area contributed by atoms with Crippen LogP contribution in [0.15, 0.2) is 23.1 Å². The number of hydrogen-bond donors (Lipinski definition) is 2. The summed E-state index contributed by atoms with van der Waals surface area (Å²) < 4.78 is 60.4. The van der Waals surface area contributed by atoms with Gasteiger partial charge in [-0.05, 0) is 87.9 Å². The summed E-state index contributed by atoms with van der Waals surface area (Å²) in [7, 11) is -4.00. The Morgan fingerprint density at radius 3 is 2.54 bits per heavy atom. The van der Waals surface area contributed by atoms with Crippen LogP contribution in [0.1, 0.15) is 69.8 Å². The van der Waals surface area contributed by atoms with Gasteiger partial charge in [0.15, 0.2) is 0 Å². The highest BCUT2D eigenvalue weighted by atomic mass is 32.2. The van der Waals surface area contributed by atoms with Gasteiger partial charge in [0.1, 0.15) is 16.7 Å². The van der Waals surface area contributed by atoms with Gasteiger partial charge in [-0.3, -0.25) is 4.79 Å². The van der Waals surface area contributed by atoms with Gasteiger partial charge >= 0.3 is 5.97 Å². The third-order valence-corrected chi connectivity index (χ3v) is 9.77. The van der Waals surface area contributed by atoms with Crippen LogP contribution in [0.2, 0.25) is 0 Å². The average molecular weight is 515 g/mol. The fourth-order valence-electron chi connectivity index (χ4n) is 5.31. The number of nitrogens with zero attached hydrogens (tertiary/aromatic N) is 1. The zero-order valence-electron chi connectivity index (χ0n) is 20.3. The number of aliphatic carboxylic acids is 1. The Kier molecular flexibility index (Phi) is 7.74. The number of nitrogens with one attached hydrogen (secondary N) is 1. The summed E-state index contributed by atoms with van der Waals surface area (Å²) in [5.74, 6) is -3.39. The van der Waals surface area contributed by atoms with Crippen molar-refractivity contribution in [2.24, 2.45) is 5.41 Å². The molecule has 0 aromatic heterocycles. The lowest BCUT2D eigenvalue weighted by atomic mass is 9.91. The maximum Gasteiger partial charge on any atom is 0.322 e. The number of ether oxygens (including phenoxy) is 1. The van der Waals surface area contributed by atoms with Crippen LogP contribution in [-0.2, 0) is 14.8 Å². The first-order chi connectivity index (χ1) is 16.5. The van der Waals surface area contributed by atoms with Crippen molar-refractivity contribution in [1.29, 1.82) is 0 Å². The maximum atomic E-state index is 13.3. The van der Waals surface area contributed by atoms with E-state index >= 15 is 0 Å². The Hall–Kier alpha value is -1.78. The summed E-state index contributed by atoms with van der Waals surface area (Å²) in [6.45, 7) is 3.19. The van der Waals surface area contributed by atoms with E-state index in [0.717, 1.165) is 42.1 Å². The van der Waals surface area contributed by atoms with Crippen molar-refractivity contribution in [1.82, 2.24) is 9.62 Å². The van der Waals surface area contributed by atoms with Crippen LogP contribution in [0.4, 0.5) is 8.78 Å². The molecule has 3 fully saturated rings. The molecule has 3 aliphatic rings. The van der Waals surface area contributed by atoms with Crippen molar-refractivity contribution in [2.45, 2.75) is 94.0 Å². The SMILES string of the molecule is Cc1ccc(S(=O)(=O)N2CCC[C@H]2C(=O)O)c(OCCC2(CCNC3CCC(F)(F)CC3)CC2)c1. The van der Waals surface area contributed by atoms with Gasteiger partial charge in [0.25, 0.3) is 0 Å². The number of rotatable bonds is 11. The molecular weight excluding hydrogens is 478 g/mol. The molecule has 1 aromatic carbocycles. The average Bonchev–Trinajstić information content (AvgIpc) is 3.35. The first-order valence-corrected chi connectivity index (χ1v) is 14.0. The molecule has 196 valence electrons. The summed E-state index contributed by atoms with van der Waals surface area (Å²) in [4.78, 5) is 11.6. The minimum atomic E-state index is -4.00. The van der Waals surface area contributed by atoms with Gasteiger partial charge in [-0.1, -0.05) is 6.07 Å². The molecule has 1 aromatic rings. The zero-order chi connectivity index (χ0) is 25.3. The van der Waals surface area contributed by atoms with Gasteiger partial charge < -0.3 is 15.2 Å². The van der Waals surface area contributed by atoms with E-state index in [9.17, 15) is 27.1 Å². The van der Waals surface area contributed by atoms with Gasteiger partial charge in [0.2, 0.25) is 15.9 Å². The molecule has 10 heteroatoms. The number of benzene rings is 1. The molecule has 1 atom stereocenters. The van der Waals surface area contributed by atoms with Crippen LogP contribution in [0.3, 0.4) is 0 Å². The van der Waals surface area contributed by atoms with E-state index in [4.69, 9.17) is 4.74 Å². The van der Waals surface area contributed by atoms with Crippen molar-refractivity contribution < 1.29 is 31.8 Å². The fourth-order valence-corrected chi connectivity index (χ4v) is 7.07. The molecule has 2 aliphatic carbocycles. The monoisotopic (exact) mass is 514 g/mol. The molecule has 1 heterocycles. The van der Waals surface area contributed by atoms with E-state index < -0.39 is 28.0 Å². The number of hydrogen-bond acceptors (Lipinski definition) is 5. The predicted molar refractivity (Wildman–Crippen MR) is 127 cm³/mol. The standard InChI is InChI=1S/C25H36F2N2O5S/c1-18-4-5-22(35(32,33)29-15-2-3-20(29)23(30)31)21(17-18)34-16-13-24(10-11-24)12-14-28-19-6-8-25(26,27)9-7-19/h4-5,17,19-20,28H,2-3,6-16H2,1H3,(H,30,31)/t20-/m0/s1. The number of carbonyl (C=O) groups is 1. The number of sulfonamides is 1. The topological polar surface area (TPSA) is 95.9 Å². The van der Waals surface area contributed by atoms with Crippen molar-refractivity contribution in [3.8, 4) is 5.75 Å². The lowest BCUT2D eigenvalue weighted by Crippen LogP contribution is -2.40. The van der Waals surface area contributed by atoms with E-state index in [-0.39, 0.29) is 41.5 Å². The van der Waals surface area contributed by atoms with Crippen LogP contribution in [0, 0.1) is 12.3 Å². The Labute approximate surface area is 206 Å². The number of alkyl halides is 2. The predicted octanol–water partition coefficient (Wildman–Crippen LogP) is 4.34. The van der Waals surface area contributed by atoms with Crippen LogP contribution in [0.25, 0.3) is 0 Å². The van der Waals surface area contributed by atoms with Crippen LogP contribution < -0.4 is 10.1 Å². The lowest BCUT2D eigenvalue weighted by molar-refractivity contribution is -0.140. The normalized spacial score (nSPS) is 24.4. The maximum absolute atomic E-state index is 13.3. The number of carboxylic acids is 1. The molecule has 35 heavy (non-hydrogen) atoms. The summed E-state index contributed by atoms with van der Waals surface area (Å²) >= 11 is 0. The highest BCUT2D eigenvalue weighted by Gasteiger charge is 2.43. The smallest absolute Gasteiger partial charge is 0.322 e. The van der Waals surface area contributed by atoms with Crippen molar-refractivity contribution in [2.75, 3.05) is 19.7 Å². The minimum absolute atomic E-state index is 0.0110. The van der Waals surface area contributed by atoms with Gasteiger partial charge in [-0.2, -0.15) is 4.31 Å². The Balaban J connectivity index is 1.32. The number of carboxylic acid groups (broad SMARTS) is 1. The first kappa shape index (κ1) is 26.3. The molecule has 4 rings (SSSR count). The summed E-state index contributed by atoms with van der Waals surface area (Å²) in [6.07, 6.45) is 5.62. The largest absolute Gasteiger partial charge is 0.492 e. The molecule has 1 saturated heterocycles. The molecule has 2 N–H and O–H groups in total. The highest BCUT2D eigenvalue weighted by Crippen LogP contribution is 2.51. The lowest BCUT2D eigenvalue weighted by Gasteiger charge is -2.29. The highest BCUT2D eigenvalue weighted by molar-refractivity contribution is 7.89. The minimum Gasteiger partial charge on any atom is -0.492 e. The molecule has 0 unspecified atom stereocenters. The van der Waals surface area contributed by atoms with E-state index in [1.54, 1.807) is 12.1 Å². The first-order valence-electron chi connectivity index (χ1n) is 12.6. The fraction of sp³-hybridized carbons (Fsp3) is 0.720. The number of halogens is 2. The quantitative estimate of drug-likeness (QED) is 0.456. The van der Waals surface area contributed by atoms with Crippen molar-refractivity contribution in [3.63, 3.8) is 0 Å². The second-order valence-electron chi connectivity index (χ2n) is 10.5. The van der Waals surface area contributed by atoms with E-state index in [2.05, 4.69) is 5.32 Å². The van der Waals surface area contributed by atoms with Crippen LogP contribution in [0.5, 0.6) is 5.75 Å². The Morgan fingerprint density at radius 1 is 1.17 bits per heavy atom. The molecule has 0 amide bonds. The third kappa shape index (κ3) is 6.32. The zero-order valence-corrected chi connectivity index (χ0v) is 21.1. The van der Waals surface area contributed by atoms with Gasteiger partial charge in [0, 0.05) is 25.4 Å². The van der Waals surface area contributed by atoms with E-state index in [1.165, 1.54) is 6.07 Å². The van der Waals surface area contributed by atoms with Crippen LogP contribution in [-0.4, -0.2) is 61.5 Å². The van der Waals surface area contributed by atoms with Gasteiger partial charge in [0.05, 0.1) is 6.61 Å². The second kappa shape index (κ2) is 10.3. The molecule has 1 aliphatic heterocycles. The third-order valence-electron chi connectivity index (χ3n) is 7.83. The molecule has 7 nitrogen and oxygen atoms in total. The van der Waals surface area contributed by atoms with Gasteiger partial charge in [-0.15, -0.1) is 0 Å². The summed E-state index contributed by atoms with van der Waals surface area (Å²) in [5.41, 5.74) is 1.01. The Morgan fingerprint density at radius 2 is 1.89 bits per heavy atom. The van der Waals surface area contributed by atoms with Crippen molar-refractivity contribution in [3.05, 3.63) is 23.8 Å². The van der Waals surface area contributed by atoms with Crippen LogP contribution >= 0.6 is 0 Å². The Bertz CT molecular complexity index is 1020. The van der Waals surface area contributed by atoms with E-state index in [0.29, 0.717) is 32.3 Å². The number of aryl methyl sites for hydroxylation is 1. The molecule has 2 saturated carbocycles. The molecule has 0 radical (unpaired) electrons. The van der Waals surface area contributed by atoms with E-state index in [1.807, 2.05) is 6.92 Å². The van der Waals surface area contributed by atoms with Crippen molar-refractivity contribution >= 4 is 16.0 Å². The molecular formula is C25H36F2N2O5S. The van der Waals surface area contributed by atoms with Gasteiger partial charge in [-0.25, -0.2) is 17.2 Å². The second-order valence-corrected chi connectivity index (χ2v) is 12.4. The molecule has 0 bridgehead atoms. The summed E-state index contributed by atoms with van der Waals surface area (Å²) in [6, 6.07) is 4.00.